The average Bonchev–Trinajstić information content (AvgIpc) is 3.24. The summed E-state index contributed by atoms with van der Waals surface area (Å²) in [6.07, 6.45) is 8.63. The van der Waals surface area contributed by atoms with Crippen LogP contribution >= 0.6 is 11.3 Å². The second-order valence-electron chi connectivity index (χ2n) is 6.99. The maximum atomic E-state index is 5.19. The number of anilines is 1. The SMILES string of the molecule is COCc1nc2n(n1)CCCC2Nc1ncnc2sc3c(c12)CCCC3. The topological polar surface area (TPSA) is 77.8 Å². The van der Waals surface area contributed by atoms with Gasteiger partial charge in [0.15, 0.2) is 5.82 Å². The highest BCUT2D eigenvalue weighted by Crippen LogP contribution is 2.39. The van der Waals surface area contributed by atoms with Gasteiger partial charge in [-0.25, -0.2) is 19.6 Å². The molecule has 8 heteroatoms. The van der Waals surface area contributed by atoms with Crippen LogP contribution in [0.2, 0.25) is 0 Å². The highest BCUT2D eigenvalue weighted by Gasteiger charge is 2.27. The van der Waals surface area contributed by atoms with Gasteiger partial charge in [0.25, 0.3) is 0 Å². The minimum absolute atomic E-state index is 0.124. The molecule has 5 rings (SSSR count). The first kappa shape index (κ1) is 16.1. The van der Waals surface area contributed by atoms with Crippen LogP contribution in [0.4, 0.5) is 5.82 Å². The molecular weight excluding hydrogens is 348 g/mol. The first-order chi connectivity index (χ1) is 12.8. The summed E-state index contributed by atoms with van der Waals surface area (Å²) < 4.78 is 7.20. The van der Waals surface area contributed by atoms with Crippen molar-refractivity contribution in [3.05, 3.63) is 28.4 Å². The second kappa shape index (κ2) is 6.59. The monoisotopic (exact) mass is 370 g/mol. The van der Waals surface area contributed by atoms with Crippen LogP contribution in [-0.4, -0.2) is 31.8 Å². The average molecular weight is 370 g/mol. The van der Waals surface area contributed by atoms with Gasteiger partial charge in [0, 0.05) is 18.5 Å². The van der Waals surface area contributed by atoms with E-state index in [2.05, 4.69) is 20.4 Å². The van der Waals surface area contributed by atoms with Gasteiger partial charge in [-0.2, -0.15) is 5.10 Å². The van der Waals surface area contributed by atoms with Crippen LogP contribution in [0.5, 0.6) is 0 Å². The van der Waals surface area contributed by atoms with Crippen LogP contribution in [0.3, 0.4) is 0 Å². The quantitative estimate of drug-likeness (QED) is 0.759. The highest BCUT2D eigenvalue weighted by molar-refractivity contribution is 7.19. The van der Waals surface area contributed by atoms with Crippen molar-refractivity contribution in [3.8, 4) is 0 Å². The lowest BCUT2D eigenvalue weighted by Crippen LogP contribution is -2.23. The summed E-state index contributed by atoms with van der Waals surface area (Å²) in [6, 6.07) is 0.124. The van der Waals surface area contributed by atoms with E-state index in [-0.39, 0.29) is 6.04 Å². The molecule has 0 fully saturated rings. The zero-order chi connectivity index (χ0) is 17.5. The Labute approximate surface area is 155 Å². The molecule has 0 amide bonds. The van der Waals surface area contributed by atoms with Gasteiger partial charge in [-0.05, 0) is 44.1 Å². The molecule has 0 saturated heterocycles. The Bertz CT molecular complexity index is 949. The largest absolute Gasteiger partial charge is 0.377 e. The predicted molar refractivity (Wildman–Crippen MR) is 100 cm³/mol. The van der Waals surface area contributed by atoms with Crippen molar-refractivity contribution in [3.63, 3.8) is 0 Å². The summed E-state index contributed by atoms with van der Waals surface area (Å²) in [5, 5.41) is 9.45. The van der Waals surface area contributed by atoms with E-state index < -0.39 is 0 Å². The zero-order valence-corrected chi connectivity index (χ0v) is 15.7. The normalized spacial score (nSPS) is 19.3. The van der Waals surface area contributed by atoms with Gasteiger partial charge in [-0.15, -0.1) is 11.3 Å². The molecule has 0 saturated carbocycles. The first-order valence-corrected chi connectivity index (χ1v) is 10.1. The van der Waals surface area contributed by atoms with Gasteiger partial charge < -0.3 is 10.1 Å². The number of fused-ring (bicyclic) bond motifs is 4. The lowest BCUT2D eigenvalue weighted by atomic mass is 9.97. The number of aryl methyl sites for hydroxylation is 3. The number of methoxy groups -OCH3 is 1. The minimum Gasteiger partial charge on any atom is -0.377 e. The van der Waals surface area contributed by atoms with Crippen LogP contribution in [0, 0.1) is 0 Å². The standard InChI is InChI=1S/C18H22N6OS/c1-25-9-14-22-17-12(6-4-8-24(17)23-14)21-16-15-11-5-2-3-7-13(11)26-18(15)20-10-19-16/h10,12H,2-9H2,1H3,(H,19,20,21). The minimum atomic E-state index is 0.124. The number of aromatic nitrogens is 5. The first-order valence-electron chi connectivity index (χ1n) is 9.28. The molecule has 1 N–H and O–H groups in total. The Morgan fingerprint density at radius 1 is 1.27 bits per heavy atom. The molecule has 1 aliphatic carbocycles. The Kier molecular flexibility index (Phi) is 4.09. The van der Waals surface area contributed by atoms with Crippen LogP contribution < -0.4 is 5.32 Å². The van der Waals surface area contributed by atoms with Crippen molar-refractivity contribution in [1.29, 1.82) is 0 Å². The smallest absolute Gasteiger partial charge is 0.176 e. The van der Waals surface area contributed by atoms with Gasteiger partial charge in [-0.3, -0.25) is 0 Å². The summed E-state index contributed by atoms with van der Waals surface area (Å²) in [6.45, 7) is 1.36. The predicted octanol–water partition coefficient (Wildman–Crippen LogP) is 3.26. The molecule has 0 spiro atoms. The summed E-state index contributed by atoms with van der Waals surface area (Å²) in [4.78, 5) is 16.4. The van der Waals surface area contributed by atoms with E-state index in [1.54, 1.807) is 13.4 Å². The number of rotatable bonds is 4. The third-order valence-electron chi connectivity index (χ3n) is 5.25. The van der Waals surface area contributed by atoms with Crippen LogP contribution in [0.1, 0.15) is 53.8 Å². The Morgan fingerprint density at radius 3 is 3.12 bits per heavy atom. The number of hydrogen-bond acceptors (Lipinski definition) is 7. The summed E-state index contributed by atoms with van der Waals surface area (Å²) in [5.74, 6) is 2.68. The van der Waals surface area contributed by atoms with Gasteiger partial charge in [0.2, 0.25) is 0 Å². The Morgan fingerprint density at radius 2 is 2.19 bits per heavy atom. The van der Waals surface area contributed by atoms with Crippen molar-refractivity contribution < 1.29 is 4.74 Å². The second-order valence-corrected chi connectivity index (χ2v) is 8.08. The van der Waals surface area contributed by atoms with Gasteiger partial charge in [0.05, 0.1) is 11.4 Å². The summed E-state index contributed by atoms with van der Waals surface area (Å²) in [5.41, 5.74) is 1.46. The molecule has 4 heterocycles. The molecule has 1 aliphatic heterocycles. The van der Waals surface area contributed by atoms with E-state index in [1.807, 2.05) is 16.0 Å². The Balaban J connectivity index is 1.52. The molecule has 0 bridgehead atoms. The van der Waals surface area contributed by atoms with Gasteiger partial charge in [-0.1, -0.05) is 0 Å². The van der Waals surface area contributed by atoms with E-state index in [9.17, 15) is 0 Å². The van der Waals surface area contributed by atoms with E-state index >= 15 is 0 Å². The van der Waals surface area contributed by atoms with Crippen molar-refractivity contribution in [2.24, 2.45) is 0 Å². The van der Waals surface area contributed by atoms with Gasteiger partial charge >= 0.3 is 0 Å². The molecule has 1 unspecified atom stereocenters. The molecular formula is C18H22N6OS. The summed E-state index contributed by atoms with van der Waals surface area (Å²) >= 11 is 1.83. The van der Waals surface area contributed by atoms with Crippen molar-refractivity contribution in [2.75, 3.05) is 12.4 Å². The number of hydrogen-bond donors (Lipinski definition) is 1. The lowest BCUT2D eigenvalue weighted by molar-refractivity contribution is 0.177. The van der Waals surface area contributed by atoms with E-state index in [0.29, 0.717) is 6.61 Å². The van der Waals surface area contributed by atoms with E-state index in [1.165, 1.54) is 35.1 Å². The maximum absolute atomic E-state index is 5.19. The third-order valence-corrected chi connectivity index (χ3v) is 6.45. The molecule has 0 radical (unpaired) electrons. The third kappa shape index (κ3) is 2.68. The molecule has 3 aromatic heterocycles. The van der Waals surface area contributed by atoms with Crippen molar-refractivity contribution >= 4 is 27.4 Å². The Hall–Kier alpha value is -2.06. The fourth-order valence-electron chi connectivity index (χ4n) is 4.09. The number of nitrogens with zero attached hydrogens (tertiary/aromatic N) is 5. The molecule has 1 atom stereocenters. The number of ether oxygens (including phenoxy) is 1. The number of nitrogens with one attached hydrogen (secondary N) is 1. The summed E-state index contributed by atoms with van der Waals surface area (Å²) in [7, 11) is 1.67. The molecule has 2 aliphatic rings. The van der Waals surface area contributed by atoms with Crippen molar-refractivity contribution in [1.82, 2.24) is 24.7 Å². The van der Waals surface area contributed by atoms with E-state index in [0.717, 1.165) is 48.1 Å². The van der Waals surface area contributed by atoms with Crippen LogP contribution in [0.25, 0.3) is 10.2 Å². The molecule has 3 aromatic rings. The number of thiophene rings is 1. The lowest BCUT2D eigenvalue weighted by Gasteiger charge is -2.24. The van der Waals surface area contributed by atoms with E-state index in [4.69, 9.17) is 9.72 Å². The fraction of sp³-hybridized carbons (Fsp3) is 0.556. The zero-order valence-electron chi connectivity index (χ0n) is 14.9. The molecule has 136 valence electrons. The molecule has 26 heavy (non-hydrogen) atoms. The molecule has 0 aromatic carbocycles. The highest BCUT2D eigenvalue weighted by atomic mass is 32.1. The van der Waals surface area contributed by atoms with Gasteiger partial charge in [0.1, 0.15) is 29.4 Å². The van der Waals surface area contributed by atoms with Crippen LogP contribution in [0.15, 0.2) is 6.33 Å². The fourth-order valence-corrected chi connectivity index (χ4v) is 5.32. The maximum Gasteiger partial charge on any atom is 0.176 e. The molecule has 7 nitrogen and oxygen atoms in total. The van der Waals surface area contributed by atoms with Crippen LogP contribution in [-0.2, 0) is 30.7 Å². The van der Waals surface area contributed by atoms with Crippen molar-refractivity contribution in [2.45, 2.75) is 57.7 Å².